The van der Waals surface area contributed by atoms with Crippen molar-refractivity contribution in [3.63, 3.8) is 0 Å². The van der Waals surface area contributed by atoms with Crippen LogP contribution in [0.3, 0.4) is 0 Å². The van der Waals surface area contributed by atoms with Crippen molar-refractivity contribution in [2.24, 2.45) is 45.9 Å². The Kier molecular flexibility index (Phi) is 24.7. The Bertz CT molecular complexity index is 3110. The second-order valence-electron chi connectivity index (χ2n) is 21.7. The van der Waals surface area contributed by atoms with Gasteiger partial charge in [-0.05, 0) is 204 Å². The Balaban J connectivity index is 1.39. The number of benzene rings is 4. The summed E-state index contributed by atoms with van der Waals surface area (Å²) in [5, 5.41) is 2.71. The number of nitrogens with zero attached hydrogens (tertiary/aromatic N) is 6. The van der Waals surface area contributed by atoms with Crippen molar-refractivity contribution in [1.29, 1.82) is 0 Å². The van der Waals surface area contributed by atoms with Gasteiger partial charge in [0.2, 0.25) is 0 Å². The number of hydrogen-bond donors (Lipinski definition) is 10. The minimum Gasteiger partial charge on any atom is -0.490 e. The van der Waals surface area contributed by atoms with Crippen molar-refractivity contribution in [3.05, 3.63) is 48.5 Å². The average molecular weight is 1210 g/mol. The first-order chi connectivity index (χ1) is 43.3. The van der Waals surface area contributed by atoms with Crippen LogP contribution in [0, 0.1) is 0 Å². The number of nitrogens with one attached hydrogen (secondary N) is 2. The maximum Gasteiger partial charge on any atom is 0.164 e. The summed E-state index contributed by atoms with van der Waals surface area (Å²) in [5.74, 6) is 5.58. The van der Waals surface area contributed by atoms with E-state index in [4.69, 9.17) is 114 Å². The molecule has 24 nitrogen and oxygen atoms in total. The number of unbranched alkanes of at least 4 members (excludes halogenated alkanes) is 8. The molecule has 18 N–H and O–H groups in total. The van der Waals surface area contributed by atoms with Crippen LogP contribution >= 0.6 is 0 Å². The van der Waals surface area contributed by atoms with Crippen LogP contribution < -0.4 is 83.8 Å². The summed E-state index contributed by atoms with van der Waals surface area (Å²) in [4.78, 5) is 39.5. The van der Waals surface area contributed by atoms with Crippen LogP contribution in [0.2, 0.25) is 0 Å². The Labute approximate surface area is 513 Å². The van der Waals surface area contributed by atoms with Gasteiger partial charge in [-0.1, -0.05) is 0 Å². The number of aromatic nitrogens is 8. The minimum absolute atomic E-state index is 0.344. The fourth-order valence-corrected chi connectivity index (χ4v) is 10.1. The molecule has 0 fully saturated rings. The van der Waals surface area contributed by atoms with E-state index in [1.165, 1.54) is 0 Å². The predicted octanol–water partition coefficient (Wildman–Crippen LogP) is 7.81. The maximum absolute atomic E-state index is 6.54. The Hall–Kier alpha value is -7.68. The van der Waals surface area contributed by atoms with E-state index in [9.17, 15) is 0 Å². The van der Waals surface area contributed by atoms with Gasteiger partial charge in [-0.3, -0.25) is 0 Å². The molecule has 474 valence electrons. The molecule has 24 heteroatoms. The van der Waals surface area contributed by atoms with Crippen molar-refractivity contribution in [1.82, 2.24) is 39.9 Å². The summed E-state index contributed by atoms with van der Waals surface area (Å²) in [6.07, 6.45) is 12.2. The van der Waals surface area contributed by atoms with E-state index in [0.29, 0.717) is 241 Å². The summed E-state index contributed by atoms with van der Waals surface area (Å²) < 4.78 is 52.3. The third-order valence-electron chi connectivity index (χ3n) is 14.9. The van der Waals surface area contributed by atoms with Crippen LogP contribution in [-0.4, -0.2) is 145 Å². The van der Waals surface area contributed by atoms with Gasteiger partial charge in [0, 0.05) is 43.8 Å². The number of H-pyrrole nitrogens is 2. The van der Waals surface area contributed by atoms with E-state index >= 15 is 0 Å². The van der Waals surface area contributed by atoms with E-state index in [2.05, 4.69) is 9.97 Å². The molecule has 2 aliphatic heterocycles. The lowest BCUT2D eigenvalue weighted by molar-refractivity contribution is 0.261. The Morgan fingerprint density at radius 2 is 0.398 bits per heavy atom. The molecule has 0 spiro atoms. The van der Waals surface area contributed by atoms with Gasteiger partial charge in [-0.15, -0.1) is 0 Å². The molecule has 0 atom stereocenters. The van der Waals surface area contributed by atoms with Crippen LogP contribution in [0.1, 0.15) is 103 Å². The first-order valence-corrected chi connectivity index (χ1v) is 31.5. The molecular weight excluding hydrogens is 1120 g/mol. The number of aromatic amines is 2. The molecule has 8 bridgehead atoms. The topological polar surface area (TPSA) is 391 Å². The molecule has 7 aromatic rings. The molecule has 88 heavy (non-hydrogen) atoms. The largest absolute Gasteiger partial charge is 0.490 e. The quantitative estimate of drug-likeness (QED) is 0.0164. The van der Waals surface area contributed by atoms with Gasteiger partial charge in [-0.25, -0.2) is 29.9 Å². The van der Waals surface area contributed by atoms with Crippen LogP contribution in [0.4, 0.5) is 0 Å². The normalized spacial score (nSPS) is 11.7. The van der Waals surface area contributed by atoms with Crippen LogP contribution in [-0.2, 0) is 0 Å². The Morgan fingerprint density at radius 1 is 0.227 bits per heavy atom. The van der Waals surface area contributed by atoms with Crippen molar-refractivity contribution in [2.45, 2.75) is 103 Å². The van der Waals surface area contributed by atoms with Crippen molar-refractivity contribution >= 4 is 44.1 Å². The summed E-state index contributed by atoms with van der Waals surface area (Å²) in [6, 6.07) is 15.4. The number of fused-ring (bicyclic) bond motifs is 20. The first-order valence-electron chi connectivity index (χ1n) is 31.5. The summed E-state index contributed by atoms with van der Waals surface area (Å²) in [5.41, 5.74) is 51.7. The van der Waals surface area contributed by atoms with Gasteiger partial charge < -0.3 is 93.7 Å². The third-order valence-corrected chi connectivity index (χ3v) is 14.9. The highest BCUT2D eigenvalue weighted by Gasteiger charge is 2.28. The molecule has 0 amide bonds. The van der Waals surface area contributed by atoms with Gasteiger partial charge in [0.1, 0.15) is 22.6 Å². The highest BCUT2D eigenvalue weighted by molar-refractivity contribution is 6.08. The average Bonchev–Trinajstić information content (AvgIpc) is 2.03. The van der Waals surface area contributed by atoms with Gasteiger partial charge >= 0.3 is 0 Å². The van der Waals surface area contributed by atoms with Gasteiger partial charge in [0.05, 0.1) is 52.9 Å². The second-order valence-corrected chi connectivity index (χ2v) is 21.7. The van der Waals surface area contributed by atoms with Crippen LogP contribution in [0.25, 0.3) is 89.7 Å². The molecule has 0 aliphatic carbocycles. The monoisotopic (exact) mass is 1210 g/mol. The lowest BCUT2D eigenvalue weighted by Crippen LogP contribution is -2.07. The fourth-order valence-electron chi connectivity index (χ4n) is 10.1. The first kappa shape index (κ1) is 64.8. The number of rotatable bonds is 40. The van der Waals surface area contributed by atoms with Crippen LogP contribution in [0.5, 0.6) is 46.0 Å². The summed E-state index contributed by atoms with van der Waals surface area (Å²) in [6.45, 7) is 7.56. The van der Waals surface area contributed by atoms with E-state index < -0.39 is 0 Å². The predicted molar refractivity (Wildman–Crippen MR) is 346 cm³/mol. The van der Waals surface area contributed by atoms with Crippen molar-refractivity contribution in [3.8, 4) is 91.5 Å². The highest BCUT2D eigenvalue weighted by atomic mass is 16.5. The SMILES string of the molecule is NCCCCOc1cc2c(cc1OCCCCN)-c1nc-2nc2[nH]c(nc3nc(nc4[nH]c(n1)c1cc(OCCCCN)c(OCCCCN)cc41)-c1cc(OCCCCN)c(OCCCCN)cc1-3)c1cc(OCCCCN)c(OCCCCN)cc21. The molecule has 0 radical (unpaired) electrons. The number of hydrogen-bond acceptors (Lipinski definition) is 22. The van der Waals surface area contributed by atoms with Crippen LogP contribution in [0.15, 0.2) is 48.5 Å². The van der Waals surface area contributed by atoms with E-state index in [-0.39, 0.29) is 0 Å². The molecule has 0 unspecified atom stereocenters. The number of nitrogens with two attached hydrogens (primary N) is 8. The third kappa shape index (κ3) is 16.5. The van der Waals surface area contributed by atoms with Crippen molar-refractivity contribution < 1.29 is 37.9 Å². The minimum atomic E-state index is 0.344. The second kappa shape index (κ2) is 33.6. The van der Waals surface area contributed by atoms with Crippen molar-refractivity contribution in [2.75, 3.05) is 105 Å². The molecule has 9 rings (SSSR count). The zero-order valence-corrected chi connectivity index (χ0v) is 50.8. The molecule has 0 saturated carbocycles. The molecule has 2 aliphatic rings. The van der Waals surface area contributed by atoms with Gasteiger partial charge in [0.25, 0.3) is 0 Å². The van der Waals surface area contributed by atoms with Gasteiger partial charge in [0.15, 0.2) is 69.3 Å². The lowest BCUT2D eigenvalue weighted by atomic mass is 10.1. The maximum atomic E-state index is 6.54. The van der Waals surface area contributed by atoms with E-state index in [1.54, 1.807) is 0 Å². The molecule has 4 aromatic carbocycles. The summed E-state index contributed by atoms with van der Waals surface area (Å²) >= 11 is 0. The summed E-state index contributed by atoms with van der Waals surface area (Å²) in [7, 11) is 0. The van der Waals surface area contributed by atoms with E-state index in [0.717, 1.165) is 103 Å². The standard InChI is InChI=1S/C64H90N16O8/c65-17-1-9-25-81-49-33-41-42(34-50(49)82-26-10-2-18-66)58-73-57(41)77-59-43-35-51(83-27-11-3-19-67)52(84-28-12-4-20-68)36-44(43)61(74-59)79-63-47-39-55(87-31-15-7-23-71)56(88-32-16-8-24-72)40-48(47)64(76-63)80-62-46-38-54(86-30-14-6-22-70)53(85-29-13-5-21-69)37-45(46)60(75-62)78-58/h33-40H,1-32,65-72H2,(H2,73,74,75,76,77,78,79,80). The Morgan fingerprint density at radius 3 is 0.568 bits per heavy atom. The fraction of sp³-hybridized carbons (Fsp3) is 0.500. The van der Waals surface area contributed by atoms with E-state index in [1.807, 2.05) is 48.5 Å². The molecule has 3 aromatic heterocycles. The molecular formula is C64H90N16O8. The smallest absolute Gasteiger partial charge is 0.164 e. The zero-order valence-electron chi connectivity index (χ0n) is 50.8. The lowest BCUT2D eigenvalue weighted by Gasteiger charge is -2.15. The zero-order chi connectivity index (χ0) is 61.5. The molecule has 0 saturated heterocycles. The molecule has 5 heterocycles. The van der Waals surface area contributed by atoms with Gasteiger partial charge in [-0.2, -0.15) is 0 Å². The highest BCUT2D eigenvalue weighted by Crippen LogP contribution is 2.46. The number of ether oxygens (including phenoxy) is 8.